The summed E-state index contributed by atoms with van der Waals surface area (Å²) in [5.74, 6) is 0.681. The average molecular weight is 255 g/mol. The van der Waals surface area contributed by atoms with E-state index in [0.717, 1.165) is 25.9 Å². The average Bonchev–Trinajstić information content (AvgIpc) is 2.42. The molecule has 0 aromatic rings. The topological polar surface area (TPSA) is 67.2 Å². The van der Waals surface area contributed by atoms with Gasteiger partial charge in [0.1, 0.15) is 0 Å². The van der Waals surface area contributed by atoms with Gasteiger partial charge in [-0.05, 0) is 51.6 Å². The van der Waals surface area contributed by atoms with Gasteiger partial charge in [-0.15, -0.1) is 0 Å². The number of hydrogen-bond donors (Lipinski definition) is 3. The van der Waals surface area contributed by atoms with Gasteiger partial charge in [-0.3, -0.25) is 4.79 Å². The van der Waals surface area contributed by atoms with Crippen molar-refractivity contribution >= 4 is 5.91 Å². The lowest BCUT2D eigenvalue weighted by Crippen LogP contribution is -2.51. The molecule has 106 valence electrons. The molecule has 0 aromatic carbocycles. The molecule has 4 heteroatoms. The van der Waals surface area contributed by atoms with E-state index in [-0.39, 0.29) is 17.4 Å². The van der Waals surface area contributed by atoms with Gasteiger partial charge in [0.05, 0.1) is 5.41 Å². The summed E-state index contributed by atoms with van der Waals surface area (Å²) in [5, 5.41) is 6.58. The van der Waals surface area contributed by atoms with Crippen molar-refractivity contribution in [3.63, 3.8) is 0 Å². The van der Waals surface area contributed by atoms with Crippen LogP contribution in [0.25, 0.3) is 0 Å². The summed E-state index contributed by atoms with van der Waals surface area (Å²) in [6, 6.07) is 0.231. The molecule has 0 aliphatic carbocycles. The number of carbonyl (C=O) groups excluding carboxylic acids is 1. The molecular weight excluding hydrogens is 226 g/mol. The third-order valence-corrected chi connectivity index (χ3v) is 4.63. The van der Waals surface area contributed by atoms with Crippen molar-refractivity contribution in [2.24, 2.45) is 17.1 Å². The van der Waals surface area contributed by atoms with Crippen LogP contribution in [-0.2, 0) is 4.79 Å². The van der Waals surface area contributed by atoms with E-state index in [2.05, 4.69) is 17.6 Å². The van der Waals surface area contributed by atoms with Gasteiger partial charge < -0.3 is 16.4 Å². The highest BCUT2D eigenvalue weighted by Crippen LogP contribution is 2.26. The van der Waals surface area contributed by atoms with Crippen molar-refractivity contribution in [3.05, 3.63) is 0 Å². The molecule has 1 amide bonds. The third-order valence-electron chi connectivity index (χ3n) is 4.63. The number of piperidine rings is 1. The molecule has 0 aromatic heterocycles. The number of nitrogens with one attached hydrogen (secondary N) is 2. The Hall–Kier alpha value is -0.610. The molecule has 1 fully saturated rings. The normalized spacial score (nSPS) is 22.6. The van der Waals surface area contributed by atoms with Crippen LogP contribution in [0.4, 0.5) is 0 Å². The van der Waals surface area contributed by atoms with E-state index in [1.807, 2.05) is 13.8 Å². The minimum atomic E-state index is -0.379. The van der Waals surface area contributed by atoms with E-state index in [0.29, 0.717) is 12.5 Å². The van der Waals surface area contributed by atoms with Gasteiger partial charge in [0.25, 0.3) is 0 Å². The molecule has 0 radical (unpaired) electrons. The Morgan fingerprint density at radius 2 is 2.17 bits per heavy atom. The third kappa shape index (κ3) is 3.45. The quantitative estimate of drug-likeness (QED) is 0.669. The highest BCUT2D eigenvalue weighted by atomic mass is 16.2. The van der Waals surface area contributed by atoms with Gasteiger partial charge in [0.15, 0.2) is 0 Å². The fourth-order valence-electron chi connectivity index (χ4n) is 2.74. The lowest BCUT2D eigenvalue weighted by molar-refractivity contribution is -0.132. The summed E-state index contributed by atoms with van der Waals surface area (Å²) in [7, 11) is 0. The van der Waals surface area contributed by atoms with E-state index in [1.165, 1.54) is 12.8 Å². The number of carbonyl (C=O) groups is 1. The first kappa shape index (κ1) is 15.4. The monoisotopic (exact) mass is 255 g/mol. The summed E-state index contributed by atoms with van der Waals surface area (Å²) >= 11 is 0. The van der Waals surface area contributed by atoms with Crippen molar-refractivity contribution < 1.29 is 4.79 Å². The standard InChI is InChI=1S/C14H29N3O/c1-4-14(5-2,10-15)13(18)17-11(3)12-7-6-8-16-9-12/h11-12,16H,4-10,15H2,1-3H3,(H,17,18). The van der Waals surface area contributed by atoms with Gasteiger partial charge in [-0.1, -0.05) is 13.8 Å². The molecule has 1 rings (SSSR count). The van der Waals surface area contributed by atoms with Crippen molar-refractivity contribution in [1.82, 2.24) is 10.6 Å². The maximum Gasteiger partial charge on any atom is 0.227 e. The van der Waals surface area contributed by atoms with Crippen molar-refractivity contribution in [3.8, 4) is 0 Å². The van der Waals surface area contributed by atoms with Crippen LogP contribution in [0.2, 0.25) is 0 Å². The molecule has 2 unspecified atom stereocenters. The van der Waals surface area contributed by atoms with Crippen LogP contribution in [0, 0.1) is 11.3 Å². The number of hydrogen-bond acceptors (Lipinski definition) is 3. The molecule has 4 N–H and O–H groups in total. The van der Waals surface area contributed by atoms with Crippen molar-refractivity contribution in [1.29, 1.82) is 0 Å². The van der Waals surface area contributed by atoms with Crippen molar-refractivity contribution in [2.45, 2.75) is 52.5 Å². The molecule has 1 aliphatic rings. The summed E-state index contributed by atoms with van der Waals surface area (Å²) in [5.41, 5.74) is 5.43. The molecule has 4 nitrogen and oxygen atoms in total. The summed E-state index contributed by atoms with van der Waals surface area (Å²) in [4.78, 5) is 12.4. The van der Waals surface area contributed by atoms with E-state index in [9.17, 15) is 4.79 Å². The highest BCUT2D eigenvalue weighted by molar-refractivity contribution is 5.83. The first-order chi connectivity index (χ1) is 8.59. The SMILES string of the molecule is CCC(CC)(CN)C(=O)NC(C)C1CCCNC1. The lowest BCUT2D eigenvalue weighted by atomic mass is 9.80. The van der Waals surface area contributed by atoms with E-state index in [4.69, 9.17) is 5.73 Å². The summed E-state index contributed by atoms with van der Waals surface area (Å²) in [6.45, 7) is 8.75. The van der Waals surface area contributed by atoms with Gasteiger partial charge in [-0.25, -0.2) is 0 Å². The van der Waals surface area contributed by atoms with Crippen LogP contribution < -0.4 is 16.4 Å². The van der Waals surface area contributed by atoms with Gasteiger partial charge in [0.2, 0.25) is 5.91 Å². The van der Waals surface area contributed by atoms with E-state index >= 15 is 0 Å². The second-order valence-corrected chi connectivity index (χ2v) is 5.56. The highest BCUT2D eigenvalue weighted by Gasteiger charge is 2.35. The Morgan fingerprint density at radius 1 is 1.50 bits per heavy atom. The molecule has 2 atom stereocenters. The fraction of sp³-hybridized carbons (Fsp3) is 0.929. The predicted octanol–water partition coefficient (Wildman–Crippen LogP) is 1.26. The Morgan fingerprint density at radius 3 is 2.61 bits per heavy atom. The molecule has 18 heavy (non-hydrogen) atoms. The number of rotatable bonds is 6. The Labute approximate surface area is 111 Å². The van der Waals surface area contributed by atoms with Crippen LogP contribution in [0.1, 0.15) is 46.5 Å². The van der Waals surface area contributed by atoms with Crippen LogP contribution >= 0.6 is 0 Å². The van der Waals surface area contributed by atoms with E-state index in [1.54, 1.807) is 0 Å². The zero-order chi connectivity index (χ0) is 13.6. The zero-order valence-corrected chi connectivity index (χ0v) is 12.1. The molecule has 0 bridgehead atoms. The lowest BCUT2D eigenvalue weighted by Gasteiger charge is -2.34. The second kappa shape index (κ2) is 7.10. The van der Waals surface area contributed by atoms with Crippen LogP contribution in [-0.4, -0.2) is 31.6 Å². The molecule has 1 heterocycles. The minimum Gasteiger partial charge on any atom is -0.353 e. The second-order valence-electron chi connectivity index (χ2n) is 5.56. The Kier molecular flexibility index (Phi) is 6.09. The Bertz CT molecular complexity index is 250. The van der Waals surface area contributed by atoms with Crippen LogP contribution in [0.3, 0.4) is 0 Å². The van der Waals surface area contributed by atoms with Gasteiger partial charge in [-0.2, -0.15) is 0 Å². The zero-order valence-electron chi connectivity index (χ0n) is 12.1. The maximum atomic E-state index is 12.4. The smallest absolute Gasteiger partial charge is 0.227 e. The Balaban J connectivity index is 2.56. The predicted molar refractivity (Wildman–Crippen MR) is 75.3 cm³/mol. The molecule has 0 spiro atoms. The molecular formula is C14H29N3O. The van der Waals surface area contributed by atoms with Crippen molar-refractivity contribution in [2.75, 3.05) is 19.6 Å². The number of nitrogens with two attached hydrogens (primary N) is 1. The van der Waals surface area contributed by atoms with E-state index < -0.39 is 0 Å². The minimum absolute atomic E-state index is 0.132. The van der Waals surface area contributed by atoms with Crippen LogP contribution in [0.5, 0.6) is 0 Å². The first-order valence-electron chi connectivity index (χ1n) is 7.31. The summed E-state index contributed by atoms with van der Waals surface area (Å²) in [6.07, 6.45) is 4.01. The maximum absolute atomic E-state index is 12.4. The van der Waals surface area contributed by atoms with Gasteiger partial charge >= 0.3 is 0 Å². The van der Waals surface area contributed by atoms with Gasteiger partial charge in [0, 0.05) is 12.6 Å². The number of amides is 1. The van der Waals surface area contributed by atoms with Crippen LogP contribution in [0.15, 0.2) is 0 Å². The first-order valence-corrected chi connectivity index (χ1v) is 7.31. The summed E-state index contributed by atoms with van der Waals surface area (Å²) < 4.78 is 0. The largest absolute Gasteiger partial charge is 0.353 e. The molecule has 0 saturated carbocycles. The molecule has 1 aliphatic heterocycles. The molecule has 1 saturated heterocycles. The fourth-order valence-corrected chi connectivity index (χ4v) is 2.74.